The average molecular weight is 507 g/mol. The van der Waals surface area contributed by atoms with Gasteiger partial charge in [0.1, 0.15) is 26.4 Å². The van der Waals surface area contributed by atoms with Crippen molar-refractivity contribution in [2.24, 2.45) is 0 Å². The second kappa shape index (κ2) is 16.5. The molecule has 8 nitrogen and oxygen atoms in total. The van der Waals surface area contributed by atoms with Crippen LogP contribution in [0.3, 0.4) is 0 Å². The molecular formula is C26H27KO8. The Labute approximate surface area is 247 Å². The number of carboxylic acids is 1. The van der Waals surface area contributed by atoms with Crippen LogP contribution in [0.2, 0.25) is 0 Å². The summed E-state index contributed by atoms with van der Waals surface area (Å²) in [6.45, 7) is 1.36. The van der Waals surface area contributed by atoms with Crippen LogP contribution in [0.15, 0.2) is 72.8 Å². The van der Waals surface area contributed by atoms with E-state index in [1.54, 1.807) is 42.5 Å². The molecule has 3 rings (SSSR count). The van der Waals surface area contributed by atoms with Crippen LogP contribution in [0, 0.1) is 0 Å². The van der Waals surface area contributed by atoms with E-state index in [2.05, 4.69) is 0 Å². The average Bonchev–Trinajstić information content (AvgIpc) is 2.86. The van der Waals surface area contributed by atoms with Crippen LogP contribution in [0.5, 0.6) is 23.0 Å². The summed E-state index contributed by atoms with van der Waals surface area (Å²) in [7, 11) is 0. The van der Waals surface area contributed by atoms with E-state index in [0.29, 0.717) is 28.6 Å². The molecule has 0 saturated carbocycles. The summed E-state index contributed by atoms with van der Waals surface area (Å²) < 4.78 is 28.3. The molecule has 0 spiro atoms. The zero-order valence-corrected chi connectivity index (χ0v) is 22.8. The minimum Gasteiger partial charge on any atom is -0.545 e. The first kappa shape index (κ1) is 29.1. The Morgan fingerprint density at radius 1 is 0.657 bits per heavy atom. The molecule has 1 N–H and O–H groups in total. The Balaban J connectivity index is 0.00000432. The molecular weight excluding hydrogens is 479 g/mol. The van der Waals surface area contributed by atoms with E-state index in [1.165, 1.54) is 6.07 Å². The van der Waals surface area contributed by atoms with Crippen molar-refractivity contribution in [3.8, 4) is 23.0 Å². The van der Waals surface area contributed by atoms with Gasteiger partial charge in [-0.3, -0.25) is 0 Å². The number of rotatable bonds is 15. The first-order chi connectivity index (χ1) is 16.7. The van der Waals surface area contributed by atoms with Crippen molar-refractivity contribution in [3.05, 3.63) is 83.9 Å². The van der Waals surface area contributed by atoms with Crippen LogP contribution >= 0.6 is 0 Å². The van der Waals surface area contributed by atoms with Gasteiger partial charge in [0.2, 0.25) is 0 Å². The standard InChI is InChI=1S/C26H28O8.K/c27-13-14-31-22-9-3-4-10-23(22)33-17-18-34-25-12-6-5-11-24(25)32-16-15-30-19-20-7-1-2-8-21(20)26(28)29;/h1-12,27H,13-19H2,(H,28,29);/q;+1/p-1. The fourth-order valence-corrected chi connectivity index (χ4v) is 3.07. The van der Waals surface area contributed by atoms with E-state index in [9.17, 15) is 9.90 Å². The van der Waals surface area contributed by atoms with Gasteiger partial charge in [0.15, 0.2) is 23.0 Å². The van der Waals surface area contributed by atoms with E-state index in [0.717, 1.165) is 0 Å². The zero-order chi connectivity index (χ0) is 24.0. The predicted octanol–water partition coefficient (Wildman–Crippen LogP) is -0.521. The minimum absolute atomic E-state index is 0. The van der Waals surface area contributed by atoms with Crippen molar-refractivity contribution in [3.63, 3.8) is 0 Å². The number of ether oxygens (including phenoxy) is 5. The smallest absolute Gasteiger partial charge is 0.545 e. The summed E-state index contributed by atoms with van der Waals surface area (Å²) in [4.78, 5) is 11.2. The van der Waals surface area contributed by atoms with Crippen LogP contribution in [0.4, 0.5) is 0 Å². The normalized spacial score (nSPS) is 10.2. The van der Waals surface area contributed by atoms with Gasteiger partial charge in [0.05, 0.1) is 25.8 Å². The number of aliphatic hydroxyl groups excluding tert-OH is 1. The maximum atomic E-state index is 11.2. The molecule has 0 unspecified atom stereocenters. The number of aliphatic hydroxyl groups is 1. The third-order valence-corrected chi connectivity index (χ3v) is 4.63. The van der Waals surface area contributed by atoms with Gasteiger partial charge in [-0.25, -0.2) is 0 Å². The Bertz CT molecular complexity index is 1040. The van der Waals surface area contributed by atoms with Crippen molar-refractivity contribution < 1.29 is 90.1 Å². The van der Waals surface area contributed by atoms with Gasteiger partial charge in [-0.1, -0.05) is 48.5 Å². The van der Waals surface area contributed by atoms with Crippen LogP contribution in [0.1, 0.15) is 15.9 Å². The van der Waals surface area contributed by atoms with Gasteiger partial charge >= 0.3 is 51.4 Å². The number of hydrogen-bond donors (Lipinski definition) is 1. The fourth-order valence-electron chi connectivity index (χ4n) is 3.07. The third-order valence-electron chi connectivity index (χ3n) is 4.63. The molecule has 180 valence electrons. The molecule has 0 aliphatic rings. The quantitative estimate of drug-likeness (QED) is 0.217. The zero-order valence-electron chi connectivity index (χ0n) is 19.7. The van der Waals surface area contributed by atoms with Crippen molar-refractivity contribution in [2.45, 2.75) is 6.61 Å². The summed E-state index contributed by atoms with van der Waals surface area (Å²) in [5, 5.41) is 20.1. The van der Waals surface area contributed by atoms with E-state index < -0.39 is 5.97 Å². The Morgan fingerprint density at radius 2 is 1.09 bits per heavy atom. The van der Waals surface area contributed by atoms with Crippen LogP contribution < -0.4 is 75.4 Å². The number of carbonyl (C=O) groups is 1. The number of carboxylic acid groups (broad SMARTS) is 1. The molecule has 0 fully saturated rings. The SMILES string of the molecule is O=C([O-])c1ccccc1COCCOc1ccccc1OCCOc1ccccc1OCCO.[K+]. The first-order valence-electron chi connectivity index (χ1n) is 10.9. The van der Waals surface area contributed by atoms with Gasteiger partial charge in [-0.2, -0.15) is 0 Å². The molecule has 0 aromatic heterocycles. The van der Waals surface area contributed by atoms with E-state index in [1.807, 2.05) is 24.3 Å². The molecule has 9 heteroatoms. The van der Waals surface area contributed by atoms with Crippen molar-refractivity contribution in [1.82, 2.24) is 0 Å². The predicted molar refractivity (Wildman–Crippen MR) is 122 cm³/mol. The largest absolute Gasteiger partial charge is 1.00 e. The molecule has 0 radical (unpaired) electrons. The maximum Gasteiger partial charge on any atom is 1.00 e. The summed E-state index contributed by atoms with van der Waals surface area (Å²) in [6, 6.07) is 21.1. The van der Waals surface area contributed by atoms with Gasteiger partial charge in [0, 0.05) is 5.56 Å². The first-order valence-corrected chi connectivity index (χ1v) is 10.9. The number of para-hydroxylation sites is 4. The molecule has 0 saturated heterocycles. The molecule has 0 aliphatic heterocycles. The van der Waals surface area contributed by atoms with E-state index >= 15 is 0 Å². The van der Waals surface area contributed by atoms with Gasteiger partial charge in [-0.05, 0) is 29.8 Å². The van der Waals surface area contributed by atoms with Crippen LogP contribution in [-0.2, 0) is 11.3 Å². The van der Waals surface area contributed by atoms with Crippen molar-refractivity contribution in [1.29, 1.82) is 0 Å². The van der Waals surface area contributed by atoms with E-state index in [4.69, 9.17) is 28.8 Å². The van der Waals surface area contributed by atoms with E-state index in [-0.39, 0.29) is 103 Å². The Hall–Kier alpha value is -2.11. The summed E-state index contributed by atoms with van der Waals surface area (Å²) in [5.41, 5.74) is 0.668. The minimum atomic E-state index is -1.23. The Kier molecular flexibility index (Phi) is 13.8. The topological polar surface area (TPSA) is 107 Å². The molecule has 0 heterocycles. The second-order valence-corrected chi connectivity index (χ2v) is 7.01. The second-order valence-electron chi connectivity index (χ2n) is 7.01. The molecule has 0 amide bonds. The van der Waals surface area contributed by atoms with Gasteiger partial charge in [0.25, 0.3) is 0 Å². The van der Waals surface area contributed by atoms with Crippen molar-refractivity contribution >= 4 is 5.97 Å². The number of aromatic carboxylic acids is 1. The van der Waals surface area contributed by atoms with Crippen molar-refractivity contribution in [2.75, 3.05) is 39.6 Å². The van der Waals surface area contributed by atoms with Gasteiger partial charge in [-0.15, -0.1) is 0 Å². The summed E-state index contributed by atoms with van der Waals surface area (Å²) in [5.74, 6) is 1.03. The van der Waals surface area contributed by atoms with Gasteiger partial charge < -0.3 is 38.7 Å². The molecule has 3 aromatic carbocycles. The maximum absolute atomic E-state index is 11.2. The third kappa shape index (κ3) is 9.81. The molecule has 3 aromatic rings. The fraction of sp³-hybridized carbons (Fsp3) is 0.269. The number of hydrogen-bond acceptors (Lipinski definition) is 8. The molecule has 0 bridgehead atoms. The Morgan fingerprint density at radius 3 is 1.57 bits per heavy atom. The summed E-state index contributed by atoms with van der Waals surface area (Å²) in [6.07, 6.45) is 0. The molecule has 35 heavy (non-hydrogen) atoms. The summed E-state index contributed by atoms with van der Waals surface area (Å²) >= 11 is 0. The van der Waals surface area contributed by atoms with Crippen LogP contribution in [-0.4, -0.2) is 50.7 Å². The molecule has 0 atom stereocenters. The molecule has 0 aliphatic carbocycles. The monoisotopic (exact) mass is 506 g/mol. The van der Waals surface area contributed by atoms with Crippen LogP contribution in [0.25, 0.3) is 0 Å². The number of carbonyl (C=O) groups excluding carboxylic acids is 1. The number of benzene rings is 3.